The Balaban J connectivity index is 1.90. The second kappa shape index (κ2) is 13.4. The van der Waals surface area contributed by atoms with Crippen LogP contribution in [0.1, 0.15) is 63.5 Å². The minimum Gasteiger partial charge on any atom is -0.457 e. The molecule has 0 spiro atoms. The van der Waals surface area contributed by atoms with Crippen LogP contribution >= 0.6 is 0 Å². The maximum atomic E-state index is 13.3. The van der Waals surface area contributed by atoms with Gasteiger partial charge in [-0.15, -0.1) is 0 Å². The molecule has 2 aromatic carbocycles. The predicted octanol–water partition coefficient (Wildman–Crippen LogP) is 5.67. The third-order valence-electron chi connectivity index (χ3n) is 7.56. The highest BCUT2D eigenvalue weighted by molar-refractivity contribution is 5.77. The molecule has 2 aromatic rings. The molecule has 1 aliphatic heterocycles. The summed E-state index contributed by atoms with van der Waals surface area (Å²) in [4.78, 5) is 15.3. The number of aliphatic hydroxyl groups is 1. The van der Waals surface area contributed by atoms with Crippen molar-refractivity contribution in [3.8, 4) is 11.5 Å². The molecule has 0 unspecified atom stereocenters. The number of aryl methyl sites for hydroxylation is 1. The zero-order chi connectivity index (χ0) is 26.9. The van der Waals surface area contributed by atoms with Gasteiger partial charge in [-0.1, -0.05) is 50.2 Å². The van der Waals surface area contributed by atoms with E-state index in [2.05, 4.69) is 19.2 Å². The lowest BCUT2D eigenvalue weighted by Crippen LogP contribution is -2.49. The zero-order valence-corrected chi connectivity index (χ0v) is 23.4. The van der Waals surface area contributed by atoms with Crippen molar-refractivity contribution in [3.05, 3.63) is 59.7 Å². The van der Waals surface area contributed by atoms with Crippen molar-refractivity contribution < 1.29 is 19.4 Å². The molecule has 3 rings (SSSR count). The summed E-state index contributed by atoms with van der Waals surface area (Å²) in [6, 6.07) is 15.8. The average molecular weight is 511 g/mol. The van der Waals surface area contributed by atoms with Crippen molar-refractivity contribution in [1.29, 1.82) is 0 Å². The maximum absolute atomic E-state index is 13.3. The van der Waals surface area contributed by atoms with Crippen LogP contribution in [0.3, 0.4) is 0 Å². The smallest absolute Gasteiger partial charge is 0.223 e. The summed E-state index contributed by atoms with van der Waals surface area (Å²) in [6.45, 7) is 8.99. The van der Waals surface area contributed by atoms with E-state index in [4.69, 9.17) is 9.47 Å². The van der Waals surface area contributed by atoms with Crippen LogP contribution in [-0.4, -0.2) is 56.3 Å². The number of para-hydroxylation sites is 2. The first kappa shape index (κ1) is 29.2. The summed E-state index contributed by atoms with van der Waals surface area (Å²) >= 11 is 0. The van der Waals surface area contributed by atoms with Crippen molar-refractivity contribution in [3.63, 3.8) is 0 Å². The van der Waals surface area contributed by atoms with Crippen molar-refractivity contribution in [2.45, 2.75) is 64.9 Å². The summed E-state index contributed by atoms with van der Waals surface area (Å²) < 4.78 is 11.7. The van der Waals surface area contributed by atoms with Gasteiger partial charge < -0.3 is 24.8 Å². The Morgan fingerprint density at radius 3 is 2.51 bits per heavy atom. The van der Waals surface area contributed by atoms with E-state index >= 15 is 0 Å². The molecule has 0 bridgehead atoms. The van der Waals surface area contributed by atoms with Gasteiger partial charge in [0.2, 0.25) is 5.91 Å². The highest BCUT2D eigenvalue weighted by Crippen LogP contribution is 2.44. The van der Waals surface area contributed by atoms with Gasteiger partial charge in [0.15, 0.2) is 0 Å². The Kier molecular flexibility index (Phi) is 10.6. The third-order valence-corrected chi connectivity index (χ3v) is 7.56. The Morgan fingerprint density at radius 2 is 1.81 bits per heavy atom. The molecule has 1 amide bonds. The molecule has 1 heterocycles. The van der Waals surface area contributed by atoms with Gasteiger partial charge in [0.1, 0.15) is 11.5 Å². The maximum Gasteiger partial charge on any atom is 0.223 e. The number of benzene rings is 2. The average Bonchev–Trinajstić information content (AvgIpc) is 2.88. The van der Waals surface area contributed by atoms with Crippen LogP contribution in [0, 0.1) is 18.3 Å². The van der Waals surface area contributed by atoms with Gasteiger partial charge >= 0.3 is 0 Å². The number of piperidine rings is 1. The van der Waals surface area contributed by atoms with E-state index in [1.807, 2.05) is 67.4 Å². The molecule has 0 aromatic heterocycles. The van der Waals surface area contributed by atoms with Crippen molar-refractivity contribution >= 4 is 5.91 Å². The molecular weight excluding hydrogens is 464 g/mol. The number of amides is 1. The third kappa shape index (κ3) is 7.79. The molecule has 1 aliphatic rings. The SMILES string of the molecule is CNCC(C)(C)CC(=O)N1CCC[C@@H]([C@@](O)(CCCCOC)c2ccccc2Oc2ccccc2C)C1. The van der Waals surface area contributed by atoms with Crippen molar-refractivity contribution in [1.82, 2.24) is 10.2 Å². The largest absolute Gasteiger partial charge is 0.457 e. The molecule has 204 valence electrons. The molecule has 0 radical (unpaired) electrons. The molecule has 1 fully saturated rings. The highest BCUT2D eigenvalue weighted by atomic mass is 16.5. The Morgan fingerprint density at radius 1 is 1.11 bits per heavy atom. The fourth-order valence-electron chi connectivity index (χ4n) is 5.56. The first-order valence-electron chi connectivity index (χ1n) is 13.7. The van der Waals surface area contributed by atoms with E-state index in [-0.39, 0.29) is 17.2 Å². The number of rotatable bonds is 13. The summed E-state index contributed by atoms with van der Waals surface area (Å²) in [6.07, 6.45) is 4.51. The quantitative estimate of drug-likeness (QED) is 0.340. The van der Waals surface area contributed by atoms with Crippen molar-refractivity contribution in [2.75, 3.05) is 40.4 Å². The molecule has 6 nitrogen and oxygen atoms in total. The van der Waals surface area contributed by atoms with E-state index in [0.29, 0.717) is 31.7 Å². The molecule has 0 saturated carbocycles. The van der Waals surface area contributed by atoms with Gasteiger partial charge in [-0.25, -0.2) is 0 Å². The zero-order valence-electron chi connectivity index (χ0n) is 23.4. The number of hydrogen-bond acceptors (Lipinski definition) is 5. The number of methoxy groups -OCH3 is 1. The molecular formula is C31H46N2O4. The van der Waals surface area contributed by atoms with Gasteiger partial charge in [-0.05, 0) is 69.2 Å². The number of likely N-dealkylation sites (tertiary alicyclic amines) is 1. The van der Waals surface area contributed by atoms with Crippen LogP contribution in [0.15, 0.2) is 48.5 Å². The number of ether oxygens (including phenoxy) is 2. The second-order valence-corrected chi connectivity index (χ2v) is 11.3. The number of carbonyl (C=O) groups is 1. The predicted molar refractivity (Wildman–Crippen MR) is 149 cm³/mol. The number of carbonyl (C=O) groups excluding carboxylic acids is 1. The lowest BCUT2D eigenvalue weighted by molar-refractivity contribution is -0.138. The molecule has 1 saturated heterocycles. The summed E-state index contributed by atoms with van der Waals surface area (Å²) in [5.41, 5.74) is 0.598. The summed E-state index contributed by atoms with van der Waals surface area (Å²) in [7, 11) is 3.63. The molecule has 2 atom stereocenters. The van der Waals surface area contributed by atoms with E-state index < -0.39 is 5.60 Å². The lowest BCUT2D eigenvalue weighted by atomic mass is 9.73. The van der Waals surface area contributed by atoms with Gasteiger partial charge in [-0.3, -0.25) is 4.79 Å². The van der Waals surface area contributed by atoms with Crippen LogP contribution in [-0.2, 0) is 15.1 Å². The van der Waals surface area contributed by atoms with Gasteiger partial charge in [-0.2, -0.15) is 0 Å². The van der Waals surface area contributed by atoms with Crippen LogP contribution in [0.2, 0.25) is 0 Å². The minimum absolute atomic E-state index is 0.0817. The monoisotopic (exact) mass is 510 g/mol. The van der Waals surface area contributed by atoms with Crippen LogP contribution in [0.5, 0.6) is 11.5 Å². The van der Waals surface area contributed by atoms with Crippen LogP contribution < -0.4 is 10.1 Å². The molecule has 2 N–H and O–H groups in total. The fourth-order valence-corrected chi connectivity index (χ4v) is 5.56. The van der Waals surface area contributed by atoms with Crippen molar-refractivity contribution in [2.24, 2.45) is 11.3 Å². The number of nitrogens with zero attached hydrogens (tertiary/aromatic N) is 1. The van der Waals surface area contributed by atoms with E-state index in [9.17, 15) is 9.90 Å². The first-order valence-corrected chi connectivity index (χ1v) is 13.7. The van der Waals surface area contributed by atoms with Gasteiger partial charge in [0, 0.05) is 51.3 Å². The highest BCUT2D eigenvalue weighted by Gasteiger charge is 2.43. The molecule has 0 aliphatic carbocycles. The normalized spacial score (nSPS) is 17.9. The molecule has 37 heavy (non-hydrogen) atoms. The molecule has 6 heteroatoms. The Labute approximate surface area is 223 Å². The topological polar surface area (TPSA) is 71.0 Å². The number of hydrogen-bond donors (Lipinski definition) is 2. The van der Waals surface area contributed by atoms with Crippen LogP contribution in [0.4, 0.5) is 0 Å². The Bertz CT molecular complexity index is 1010. The standard InChI is InChI=1S/C31H46N2O4/c1-24-13-6-8-16-27(24)37-28-17-9-7-15-26(28)31(35,18-10-11-20-36-5)25-14-12-19-33(22-25)29(34)21-30(2,3)23-32-4/h6-9,13,15-17,25,32,35H,10-12,14,18-23H2,1-5H3/t25-,31+/m1/s1. The second-order valence-electron chi connectivity index (χ2n) is 11.3. The van der Waals surface area contributed by atoms with E-state index in [1.54, 1.807) is 7.11 Å². The van der Waals surface area contributed by atoms with Gasteiger partial charge in [0.25, 0.3) is 0 Å². The first-order chi connectivity index (χ1) is 17.7. The van der Waals surface area contributed by atoms with E-state index in [1.165, 1.54) is 0 Å². The van der Waals surface area contributed by atoms with Gasteiger partial charge in [0.05, 0.1) is 5.60 Å². The number of nitrogens with one attached hydrogen (secondary N) is 1. The summed E-state index contributed by atoms with van der Waals surface area (Å²) in [5.74, 6) is 1.53. The lowest BCUT2D eigenvalue weighted by Gasteiger charge is -2.44. The van der Waals surface area contributed by atoms with E-state index in [0.717, 1.165) is 55.6 Å². The number of unbranched alkanes of at least 4 members (excludes halogenated alkanes) is 1. The fraction of sp³-hybridized carbons (Fsp3) is 0.581. The Hall–Kier alpha value is -2.41. The minimum atomic E-state index is -1.12. The summed E-state index contributed by atoms with van der Waals surface area (Å²) in [5, 5.41) is 15.7. The van der Waals surface area contributed by atoms with Crippen LogP contribution in [0.25, 0.3) is 0 Å².